The Morgan fingerprint density at radius 3 is 1.52 bits per heavy atom. The molecule has 0 aliphatic heterocycles. The van der Waals surface area contributed by atoms with Crippen molar-refractivity contribution in [3.8, 4) is 0 Å². The van der Waals surface area contributed by atoms with Crippen molar-refractivity contribution in [1.29, 1.82) is 0 Å². The first-order chi connectivity index (χ1) is 13.8. The summed E-state index contributed by atoms with van der Waals surface area (Å²) in [6.45, 7) is 9.19. The molecule has 0 rings (SSSR count). The van der Waals surface area contributed by atoms with Gasteiger partial charge in [-0.05, 0) is 46.0 Å². The van der Waals surface area contributed by atoms with Crippen LogP contribution < -0.4 is 0 Å². The van der Waals surface area contributed by atoms with Crippen LogP contribution in [0.4, 0.5) is 0 Å². The maximum atomic E-state index is 12.0. The molecule has 0 aromatic heterocycles. The van der Waals surface area contributed by atoms with Crippen LogP contribution in [0, 0.1) is 5.41 Å². The van der Waals surface area contributed by atoms with Crippen LogP contribution in [0.1, 0.15) is 79.1 Å². The van der Waals surface area contributed by atoms with Gasteiger partial charge in [-0.1, -0.05) is 26.7 Å². The summed E-state index contributed by atoms with van der Waals surface area (Å²) >= 11 is 0. The SMILES string of the molecule is CCCCOC(C)OCCC(CCOC(C)OCCCC)(CCC(=O)O)C(=O)O. The maximum Gasteiger partial charge on any atom is 0.309 e. The zero-order chi connectivity index (χ0) is 22.1. The van der Waals surface area contributed by atoms with E-state index in [1.54, 1.807) is 13.8 Å². The highest BCUT2D eigenvalue weighted by atomic mass is 16.7. The molecule has 8 heteroatoms. The zero-order valence-corrected chi connectivity index (χ0v) is 18.5. The monoisotopic (exact) mass is 420 g/mol. The van der Waals surface area contributed by atoms with E-state index >= 15 is 0 Å². The highest BCUT2D eigenvalue weighted by Gasteiger charge is 2.38. The number of carboxylic acid groups (broad SMARTS) is 2. The molecule has 0 amide bonds. The molecule has 172 valence electrons. The molecule has 0 fully saturated rings. The van der Waals surface area contributed by atoms with E-state index in [2.05, 4.69) is 13.8 Å². The number of carboxylic acids is 2. The first kappa shape index (κ1) is 27.8. The fourth-order valence-electron chi connectivity index (χ4n) is 2.77. The number of hydrogen-bond donors (Lipinski definition) is 2. The van der Waals surface area contributed by atoms with Crippen molar-refractivity contribution in [3.05, 3.63) is 0 Å². The van der Waals surface area contributed by atoms with E-state index in [0.29, 0.717) is 13.2 Å². The molecular formula is C21H40O8. The number of rotatable bonds is 20. The van der Waals surface area contributed by atoms with Gasteiger partial charge >= 0.3 is 11.9 Å². The second-order valence-electron chi connectivity index (χ2n) is 7.30. The summed E-state index contributed by atoms with van der Waals surface area (Å²) < 4.78 is 22.2. The largest absolute Gasteiger partial charge is 0.481 e. The third kappa shape index (κ3) is 13.6. The maximum absolute atomic E-state index is 12.0. The lowest BCUT2D eigenvalue weighted by atomic mass is 9.77. The Labute approximate surface area is 174 Å². The molecule has 2 atom stereocenters. The van der Waals surface area contributed by atoms with Crippen molar-refractivity contribution in [2.24, 2.45) is 5.41 Å². The van der Waals surface area contributed by atoms with Gasteiger partial charge in [-0.15, -0.1) is 0 Å². The highest BCUT2D eigenvalue weighted by Crippen LogP contribution is 2.33. The van der Waals surface area contributed by atoms with E-state index < -0.39 is 29.9 Å². The molecule has 0 spiro atoms. The standard InChI is InChI=1S/C21H40O8/c1-5-7-13-26-17(3)28-15-11-21(20(24)25,10-9-19(22)23)12-16-29-18(4)27-14-8-6-2/h17-18H,5-16H2,1-4H3,(H,22,23)(H,24,25). The summed E-state index contributed by atoms with van der Waals surface area (Å²) in [7, 11) is 0. The minimum atomic E-state index is -1.23. The average molecular weight is 421 g/mol. The van der Waals surface area contributed by atoms with Crippen LogP contribution in [0.15, 0.2) is 0 Å². The summed E-state index contributed by atoms with van der Waals surface area (Å²) in [4.78, 5) is 23.1. The Hall–Kier alpha value is -1.22. The van der Waals surface area contributed by atoms with Crippen molar-refractivity contribution < 1.29 is 38.7 Å². The third-order valence-corrected chi connectivity index (χ3v) is 4.84. The number of aliphatic carboxylic acids is 2. The lowest BCUT2D eigenvalue weighted by molar-refractivity contribution is -0.165. The minimum Gasteiger partial charge on any atom is -0.481 e. The lowest BCUT2D eigenvalue weighted by Gasteiger charge is -2.30. The van der Waals surface area contributed by atoms with Crippen LogP contribution in [-0.4, -0.2) is 61.2 Å². The van der Waals surface area contributed by atoms with Crippen LogP contribution in [0.3, 0.4) is 0 Å². The molecule has 29 heavy (non-hydrogen) atoms. The fraction of sp³-hybridized carbons (Fsp3) is 0.905. The Morgan fingerprint density at radius 2 is 1.17 bits per heavy atom. The van der Waals surface area contributed by atoms with Gasteiger partial charge in [-0.3, -0.25) is 9.59 Å². The molecule has 0 aromatic carbocycles. The first-order valence-corrected chi connectivity index (χ1v) is 10.7. The van der Waals surface area contributed by atoms with Crippen molar-refractivity contribution >= 4 is 11.9 Å². The van der Waals surface area contributed by atoms with Crippen LogP contribution in [0.25, 0.3) is 0 Å². The van der Waals surface area contributed by atoms with E-state index in [0.717, 1.165) is 25.7 Å². The Balaban J connectivity index is 4.70. The number of ether oxygens (including phenoxy) is 4. The van der Waals surface area contributed by atoms with Gasteiger partial charge in [-0.25, -0.2) is 0 Å². The molecule has 0 aliphatic carbocycles. The van der Waals surface area contributed by atoms with Crippen molar-refractivity contribution in [1.82, 2.24) is 0 Å². The third-order valence-electron chi connectivity index (χ3n) is 4.84. The molecule has 0 aromatic rings. The Morgan fingerprint density at radius 1 is 0.759 bits per heavy atom. The van der Waals surface area contributed by atoms with E-state index in [-0.39, 0.29) is 38.9 Å². The van der Waals surface area contributed by atoms with Gasteiger partial charge in [0.05, 0.1) is 18.6 Å². The molecule has 2 unspecified atom stereocenters. The molecular weight excluding hydrogens is 380 g/mol. The van der Waals surface area contributed by atoms with Gasteiger partial charge in [0.2, 0.25) is 0 Å². The van der Waals surface area contributed by atoms with Crippen LogP contribution >= 0.6 is 0 Å². The normalized spacial score (nSPS) is 15.6. The smallest absolute Gasteiger partial charge is 0.309 e. The molecule has 0 saturated heterocycles. The number of hydrogen-bond acceptors (Lipinski definition) is 6. The summed E-state index contributed by atoms with van der Waals surface area (Å²) in [5.41, 5.74) is -1.23. The Bertz CT molecular complexity index is 418. The van der Waals surface area contributed by atoms with Gasteiger partial charge in [0, 0.05) is 19.6 Å². The van der Waals surface area contributed by atoms with E-state index in [9.17, 15) is 14.7 Å². The summed E-state index contributed by atoms with van der Waals surface area (Å²) in [5.74, 6) is -2.06. The molecule has 0 bridgehead atoms. The first-order valence-electron chi connectivity index (χ1n) is 10.7. The molecule has 0 radical (unpaired) electrons. The number of unbranched alkanes of at least 4 members (excludes halogenated alkanes) is 2. The second-order valence-corrected chi connectivity index (χ2v) is 7.30. The van der Waals surface area contributed by atoms with E-state index in [1.807, 2.05) is 0 Å². The quantitative estimate of drug-likeness (QED) is 0.224. The molecule has 2 N–H and O–H groups in total. The predicted molar refractivity (Wildman–Crippen MR) is 109 cm³/mol. The van der Waals surface area contributed by atoms with Gasteiger partial charge < -0.3 is 29.2 Å². The van der Waals surface area contributed by atoms with Crippen LogP contribution in [0.2, 0.25) is 0 Å². The molecule has 0 aliphatic rings. The molecule has 0 heterocycles. The topological polar surface area (TPSA) is 112 Å². The summed E-state index contributed by atoms with van der Waals surface area (Å²) in [5, 5.41) is 18.9. The second kappa shape index (κ2) is 16.6. The van der Waals surface area contributed by atoms with Gasteiger partial charge in [-0.2, -0.15) is 0 Å². The predicted octanol–water partition coefficient (Wildman–Crippen LogP) is 4.06. The summed E-state index contributed by atoms with van der Waals surface area (Å²) in [6.07, 6.45) is 3.19. The molecule has 0 saturated carbocycles. The fourth-order valence-corrected chi connectivity index (χ4v) is 2.77. The van der Waals surface area contributed by atoms with Gasteiger partial charge in [0.25, 0.3) is 0 Å². The zero-order valence-electron chi connectivity index (χ0n) is 18.5. The van der Waals surface area contributed by atoms with Gasteiger partial charge in [0.15, 0.2) is 12.6 Å². The van der Waals surface area contributed by atoms with E-state index in [1.165, 1.54) is 0 Å². The lowest BCUT2D eigenvalue weighted by Crippen LogP contribution is -2.35. The van der Waals surface area contributed by atoms with E-state index in [4.69, 9.17) is 24.1 Å². The summed E-state index contributed by atoms with van der Waals surface area (Å²) in [6, 6.07) is 0. The average Bonchev–Trinajstić information content (AvgIpc) is 2.65. The molecule has 8 nitrogen and oxygen atoms in total. The van der Waals surface area contributed by atoms with Crippen molar-refractivity contribution in [2.45, 2.75) is 91.6 Å². The highest BCUT2D eigenvalue weighted by molar-refractivity contribution is 5.76. The van der Waals surface area contributed by atoms with Gasteiger partial charge in [0.1, 0.15) is 0 Å². The van der Waals surface area contributed by atoms with Crippen molar-refractivity contribution in [3.63, 3.8) is 0 Å². The van der Waals surface area contributed by atoms with Crippen LogP contribution in [0.5, 0.6) is 0 Å². The van der Waals surface area contributed by atoms with Crippen LogP contribution in [-0.2, 0) is 28.5 Å². The Kier molecular flexibility index (Phi) is 15.9. The minimum absolute atomic E-state index is 0.0144. The number of carbonyl (C=O) groups is 2. The van der Waals surface area contributed by atoms with Crippen molar-refractivity contribution in [2.75, 3.05) is 26.4 Å².